The van der Waals surface area contributed by atoms with E-state index in [0.717, 1.165) is 5.56 Å². The van der Waals surface area contributed by atoms with Crippen LogP contribution >= 0.6 is 0 Å². The van der Waals surface area contributed by atoms with Crippen molar-refractivity contribution in [2.75, 3.05) is 35.6 Å². The van der Waals surface area contributed by atoms with Crippen LogP contribution in [0.4, 0.5) is 11.4 Å². The molecule has 2 aromatic rings. The average molecular weight is 390 g/mol. The van der Waals surface area contributed by atoms with E-state index >= 15 is 0 Å². The van der Waals surface area contributed by atoms with Crippen LogP contribution in [0.15, 0.2) is 42.5 Å². The van der Waals surface area contributed by atoms with Crippen molar-refractivity contribution in [3.05, 3.63) is 48.0 Å². The molecule has 0 aliphatic carbocycles. The number of anilines is 2. The second-order valence-electron chi connectivity index (χ2n) is 6.23. The molecule has 0 radical (unpaired) electrons. The Morgan fingerprint density at radius 3 is 2.59 bits per heavy atom. The van der Waals surface area contributed by atoms with E-state index in [1.165, 1.54) is 11.4 Å². The number of rotatable bonds is 6. The number of carbonyl (C=O) groups is 1. The number of hydrogen-bond donors (Lipinski definition) is 1. The smallest absolute Gasteiger partial charge is 0.262 e. The molecule has 1 amide bonds. The predicted octanol–water partition coefficient (Wildman–Crippen LogP) is 2.56. The molecule has 0 atom stereocenters. The number of nitrogens with one attached hydrogen (secondary N) is 1. The van der Waals surface area contributed by atoms with E-state index in [4.69, 9.17) is 9.47 Å². The molecule has 0 bridgehead atoms. The monoisotopic (exact) mass is 390 g/mol. The van der Waals surface area contributed by atoms with Gasteiger partial charge in [-0.3, -0.25) is 9.10 Å². The van der Waals surface area contributed by atoms with Gasteiger partial charge in [-0.25, -0.2) is 8.42 Å². The van der Waals surface area contributed by atoms with Crippen molar-refractivity contribution in [1.29, 1.82) is 0 Å². The normalized spacial score (nSPS) is 15.4. The zero-order valence-electron chi connectivity index (χ0n) is 15.3. The molecular weight excluding hydrogens is 368 g/mol. The number of aryl methyl sites for hydroxylation is 1. The van der Waals surface area contributed by atoms with Crippen LogP contribution in [-0.4, -0.2) is 40.3 Å². The van der Waals surface area contributed by atoms with Gasteiger partial charge in [0.05, 0.1) is 18.6 Å². The zero-order valence-corrected chi connectivity index (χ0v) is 16.1. The van der Waals surface area contributed by atoms with E-state index < -0.39 is 10.0 Å². The van der Waals surface area contributed by atoms with Crippen LogP contribution in [0.2, 0.25) is 0 Å². The lowest BCUT2D eigenvalue weighted by Crippen LogP contribution is -2.26. The molecule has 0 spiro atoms. The average Bonchev–Trinajstić information content (AvgIpc) is 3.00. The Bertz CT molecular complexity index is 943. The van der Waals surface area contributed by atoms with Crippen molar-refractivity contribution < 1.29 is 22.7 Å². The highest BCUT2D eigenvalue weighted by atomic mass is 32.2. The molecule has 0 saturated carbocycles. The molecule has 8 heteroatoms. The quantitative estimate of drug-likeness (QED) is 0.819. The minimum absolute atomic E-state index is 0.149. The van der Waals surface area contributed by atoms with E-state index in [0.29, 0.717) is 35.8 Å². The van der Waals surface area contributed by atoms with Crippen LogP contribution in [0, 0.1) is 6.92 Å². The summed E-state index contributed by atoms with van der Waals surface area (Å²) < 4.78 is 36.4. The fraction of sp³-hybridized carbons (Fsp3) is 0.316. The molecule has 0 aromatic heterocycles. The summed E-state index contributed by atoms with van der Waals surface area (Å²) in [7, 11) is -1.75. The Morgan fingerprint density at radius 2 is 1.93 bits per heavy atom. The molecule has 1 saturated heterocycles. The van der Waals surface area contributed by atoms with Crippen molar-refractivity contribution in [3.63, 3.8) is 0 Å². The van der Waals surface area contributed by atoms with Crippen LogP contribution < -0.4 is 19.1 Å². The third-order valence-corrected chi connectivity index (χ3v) is 6.14. The molecule has 7 nitrogen and oxygen atoms in total. The van der Waals surface area contributed by atoms with Crippen LogP contribution in [0.5, 0.6) is 11.5 Å². The van der Waals surface area contributed by atoms with Gasteiger partial charge in [0.25, 0.3) is 5.91 Å². The van der Waals surface area contributed by atoms with Gasteiger partial charge in [0, 0.05) is 12.2 Å². The molecule has 1 aliphatic heterocycles. The molecule has 2 aromatic carbocycles. The van der Waals surface area contributed by atoms with Gasteiger partial charge in [0.2, 0.25) is 10.0 Å². The van der Waals surface area contributed by atoms with E-state index in [1.54, 1.807) is 36.4 Å². The molecule has 1 N–H and O–H groups in total. The molecule has 1 aliphatic rings. The van der Waals surface area contributed by atoms with Crippen LogP contribution in [0.25, 0.3) is 0 Å². The Kier molecular flexibility index (Phi) is 5.55. The maximum atomic E-state index is 12.2. The fourth-order valence-electron chi connectivity index (χ4n) is 2.94. The number of methoxy groups -OCH3 is 1. The molecule has 1 fully saturated rings. The Hall–Kier alpha value is -2.74. The minimum atomic E-state index is -3.28. The van der Waals surface area contributed by atoms with E-state index in [2.05, 4.69) is 5.32 Å². The number of sulfonamides is 1. The number of nitrogens with zero attached hydrogens (tertiary/aromatic N) is 1. The number of ether oxygens (including phenoxy) is 2. The van der Waals surface area contributed by atoms with Crippen LogP contribution in [0.3, 0.4) is 0 Å². The molecule has 27 heavy (non-hydrogen) atoms. The molecule has 0 unspecified atom stereocenters. The van der Waals surface area contributed by atoms with Gasteiger partial charge in [-0.2, -0.15) is 0 Å². The summed E-state index contributed by atoms with van der Waals surface area (Å²) in [5.41, 5.74) is 1.95. The number of amides is 1. The summed E-state index contributed by atoms with van der Waals surface area (Å²) in [4.78, 5) is 12.2. The van der Waals surface area contributed by atoms with Crippen molar-refractivity contribution in [3.8, 4) is 11.5 Å². The third kappa shape index (κ3) is 4.33. The lowest BCUT2D eigenvalue weighted by Gasteiger charge is -2.20. The number of carbonyl (C=O) groups excluding carboxylic acids is 1. The summed E-state index contributed by atoms with van der Waals surface area (Å²) in [5, 5.41) is 2.74. The van der Waals surface area contributed by atoms with Gasteiger partial charge in [-0.05, 0) is 43.2 Å². The summed E-state index contributed by atoms with van der Waals surface area (Å²) in [6, 6.07) is 12.3. The largest absolute Gasteiger partial charge is 0.493 e. The topological polar surface area (TPSA) is 84.9 Å². The Labute approximate surface area is 158 Å². The lowest BCUT2D eigenvalue weighted by molar-refractivity contribution is -0.118. The Balaban J connectivity index is 1.69. The lowest BCUT2D eigenvalue weighted by atomic mass is 10.1. The molecule has 144 valence electrons. The highest BCUT2D eigenvalue weighted by molar-refractivity contribution is 7.93. The predicted molar refractivity (Wildman–Crippen MR) is 104 cm³/mol. The molecular formula is C19H22N2O5S. The molecule has 1 heterocycles. The standard InChI is InChI=1S/C19H22N2O5S/c1-14-8-9-15(12-16(14)21-10-5-11-27(21,23)24)20-19(22)13-26-18-7-4-3-6-17(18)25-2/h3-4,6-9,12H,5,10-11,13H2,1-2H3,(H,20,22). The fourth-order valence-corrected chi connectivity index (χ4v) is 4.56. The van der Waals surface area contributed by atoms with Crippen molar-refractivity contribution >= 4 is 27.3 Å². The summed E-state index contributed by atoms with van der Waals surface area (Å²) >= 11 is 0. The van der Waals surface area contributed by atoms with Crippen LogP contribution in [-0.2, 0) is 14.8 Å². The number of para-hydroxylation sites is 2. The highest BCUT2D eigenvalue weighted by Gasteiger charge is 2.29. The van der Waals surface area contributed by atoms with Gasteiger partial charge in [-0.15, -0.1) is 0 Å². The van der Waals surface area contributed by atoms with E-state index in [9.17, 15) is 13.2 Å². The van der Waals surface area contributed by atoms with E-state index in [-0.39, 0.29) is 18.3 Å². The zero-order chi connectivity index (χ0) is 19.4. The maximum absolute atomic E-state index is 12.2. The SMILES string of the molecule is COc1ccccc1OCC(=O)Nc1ccc(C)c(N2CCCS2(=O)=O)c1. The maximum Gasteiger partial charge on any atom is 0.262 e. The van der Waals surface area contributed by atoms with Crippen molar-refractivity contribution in [2.45, 2.75) is 13.3 Å². The summed E-state index contributed by atoms with van der Waals surface area (Å²) in [6.45, 7) is 2.11. The second kappa shape index (κ2) is 7.87. The van der Waals surface area contributed by atoms with Crippen LogP contribution in [0.1, 0.15) is 12.0 Å². The van der Waals surface area contributed by atoms with Crippen molar-refractivity contribution in [1.82, 2.24) is 0 Å². The van der Waals surface area contributed by atoms with E-state index in [1.807, 2.05) is 13.0 Å². The number of benzene rings is 2. The van der Waals surface area contributed by atoms with Gasteiger partial charge in [0.1, 0.15) is 0 Å². The first-order valence-corrected chi connectivity index (χ1v) is 10.2. The first kappa shape index (κ1) is 19.0. The number of hydrogen-bond acceptors (Lipinski definition) is 5. The molecule has 3 rings (SSSR count). The first-order chi connectivity index (χ1) is 12.9. The van der Waals surface area contributed by atoms with Gasteiger partial charge < -0.3 is 14.8 Å². The Morgan fingerprint density at radius 1 is 1.19 bits per heavy atom. The highest BCUT2D eigenvalue weighted by Crippen LogP contribution is 2.30. The van der Waals surface area contributed by atoms with Crippen molar-refractivity contribution in [2.24, 2.45) is 0 Å². The van der Waals surface area contributed by atoms with Gasteiger partial charge in [-0.1, -0.05) is 18.2 Å². The summed E-state index contributed by atoms with van der Waals surface area (Å²) in [6.07, 6.45) is 0.602. The third-order valence-electron chi connectivity index (χ3n) is 4.29. The summed E-state index contributed by atoms with van der Waals surface area (Å²) in [5.74, 6) is 0.820. The second-order valence-corrected chi connectivity index (χ2v) is 8.24. The first-order valence-electron chi connectivity index (χ1n) is 8.57. The van der Waals surface area contributed by atoms with Gasteiger partial charge >= 0.3 is 0 Å². The minimum Gasteiger partial charge on any atom is -0.493 e. The van der Waals surface area contributed by atoms with Gasteiger partial charge in [0.15, 0.2) is 18.1 Å².